The molecule has 0 saturated carbocycles. The van der Waals surface area contributed by atoms with E-state index in [1.54, 1.807) is 11.8 Å². The Morgan fingerprint density at radius 2 is 2.07 bits per heavy atom. The topological polar surface area (TPSA) is 71.8 Å². The zero-order chi connectivity index (χ0) is 18.7. The summed E-state index contributed by atoms with van der Waals surface area (Å²) < 4.78 is 1.89. The zero-order valence-electron chi connectivity index (χ0n) is 15.7. The van der Waals surface area contributed by atoms with Crippen molar-refractivity contribution in [3.63, 3.8) is 0 Å². The van der Waals surface area contributed by atoms with Gasteiger partial charge in [-0.2, -0.15) is 0 Å². The summed E-state index contributed by atoms with van der Waals surface area (Å²) >= 11 is 7.96. The molecule has 1 aliphatic heterocycles. The summed E-state index contributed by atoms with van der Waals surface area (Å²) in [5.41, 5.74) is 1.87. The number of thioether (sulfide) groups is 1. The van der Waals surface area contributed by atoms with Crippen LogP contribution in [-0.4, -0.2) is 39.2 Å². The number of carbonyl (C=O) groups excluding carboxylic acids is 1. The van der Waals surface area contributed by atoms with Gasteiger partial charge in [-0.15, -0.1) is 29.3 Å². The molecular formula is C18H25Cl2N5OS. The molecule has 1 aromatic carbocycles. The van der Waals surface area contributed by atoms with E-state index >= 15 is 0 Å². The number of nitrogens with one attached hydrogen (secondary N) is 2. The van der Waals surface area contributed by atoms with Crippen LogP contribution >= 0.6 is 35.8 Å². The van der Waals surface area contributed by atoms with Gasteiger partial charge in [-0.25, -0.2) is 4.68 Å². The summed E-state index contributed by atoms with van der Waals surface area (Å²) in [6.45, 7) is 8.01. The third-order valence-corrected chi connectivity index (χ3v) is 5.94. The average molecular weight is 430 g/mol. The van der Waals surface area contributed by atoms with Crippen molar-refractivity contribution in [3.8, 4) is 0 Å². The Morgan fingerprint density at radius 1 is 1.37 bits per heavy atom. The van der Waals surface area contributed by atoms with E-state index in [9.17, 15) is 4.79 Å². The van der Waals surface area contributed by atoms with Crippen LogP contribution < -0.4 is 10.6 Å². The molecule has 148 valence electrons. The summed E-state index contributed by atoms with van der Waals surface area (Å²) in [6, 6.07) is 5.83. The van der Waals surface area contributed by atoms with Crippen molar-refractivity contribution >= 4 is 47.4 Å². The SMILES string of the molecule is Cc1c(C(=O)Nc2cccc(Cl)c2SC(C)C)nnn1C1CCNCC1.Cl. The molecule has 0 unspecified atom stereocenters. The van der Waals surface area contributed by atoms with E-state index in [0.717, 1.165) is 36.5 Å². The van der Waals surface area contributed by atoms with Gasteiger partial charge in [-0.05, 0) is 45.0 Å². The second-order valence-electron chi connectivity index (χ2n) is 6.69. The van der Waals surface area contributed by atoms with Crippen LogP contribution in [0, 0.1) is 6.92 Å². The van der Waals surface area contributed by atoms with Crippen LogP contribution in [0.15, 0.2) is 23.1 Å². The predicted molar refractivity (Wildman–Crippen MR) is 114 cm³/mol. The predicted octanol–water partition coefficient (Wildman–Crippen LogP) is 4.34. The van der Waals surface area contributed by atoms with Gasteiger partial charge in [0.2, 0.25) is 0 Å². The van der Waals surface area contributed by atoms with Gasteiger partial charge in [-0.3, -0.25) is 4.79 Å². The van der Waals surface area contributed by atoms with Crippen LogP contribution in [0.25, 0.3) is 0 Å². The number of benzene rings is 1. The van der Waals surface area contributed by atoms with Crippen LogP contribution in [0.1, 0.15) is 48.9 Å². The number of anilines is 1. The van der Waals surface area contributed by atoms with Crippen LogP contribution in [0.3, 0.4) is 0 Å². The van der Waals surface area contributed by atoms with Gasteiger partial charge in [0.05, 0.1) is 22.4 Å². The van der Waals surface area contributed by atoms with Crippen molar-refractivity contribution in [3.05, 3.63) is 34.6 Å². The summed E-state index contributed by atoms with van der Waals surface area (Å²) in [5.74, 6) is -0.254. The summed E-state index contributed by atoms with van der Waals surface area (Å²) in [6.07, 6.45) is 1.99. The minimum atomic E-state index is -0.254. The third kappa shape index (κ3) is 5.16. The number of nitrogens with zero attached hydrogens (tertiary/aromatic N) is 3. The lowest BCUT2D eigenvalue weighted by atomic mass is 10.1. The van der Waals surface area contributed by atoms with Gasteiger partial charge in [0.25, 0.3) is 5.91 Å². The van der Waals surface area contributed by atoms with Gasteiger partial charge in [0.15, 0.2) is 5.69 Å². The van der Waals surface area contributed by atoms with E-state index in [2.05, 4.69) is 34.8 Å². The Hall–Kier alpha value is -1.28. The van der Waals surface area contributed by atoms with Gasteiger partial charge in [0.1, 0.15) is 0 Å². The number of hydrogen-bond acceptors (Lipinski definition) is 5. The van der Waals surface area contributed by atoms with Gasteiger partial charge >= 0.3 is 0 Å². The van der Waals surface area contributed by atoms with Crippen molar-refractivity contribution in [2.24, 2.45) is 0 Å². The highest BCUT2D eigenvalue weighted by Crippen LogP contribution is 2.36. The minimum Gasteiger partial charge on any atom is -0.319 e. The number of aromatic nitrogens is 3. The van der Waals surface area contributed by atoms with Crippen molar-refractivity contribution in [2.75, 3.05) is 18.4 Å². The van der Waals surface area contributed by atoms with Crippen molar-refractivity contribution in [2.45, 2.75) is 49.8 Å². The van der Waals surface area contributed by atoms with Crippen LogP contribution in [-0.2, 0) is 0 Å². The fourth-order valence-corrected chi connectivity index (χ4v) is 4.30. The molecule has 1 aromatic heterocycles. The molecule has 2 N–H and O–H groups in total. The lowest BCUT2D eigenvalue weighted by Gasteiger charge is -2.23. The van der Waals surface area contributed by atoms with Crippen LogP contribution in [0.4, 0.5) is 5.69 Å². The largest absolute Gasteiger partial charge is 0.319 e. The van der Waals surface area contributed by atoms with E-state index in [1.807, 2.05) is 29.8 Å². The first-order valence-electron chi connectivity index (χ1n) is 8.86. The summed E-state index contributed by atoms with van der Waals surface area (Å²) in [7, 11) is 0. The van der Waals surface area contributed by atoms with E-state index in [4.69, 9.17) is 11.6 Å². The van der Waals surface area contributed by atoms with Crippen molar-refractivity contribution in [1.29, 1.82) is 0 Å². The Bertz CT molecular complexity index is 790. The number of hydrogen-bond donors (Lipinski definition) is 2. The molecule has 1 aliphatic rings. The molecule has 0 atom stereocenters. The van der Waals surface area contributed by atoms with E-state index in [-0.39, 0.29) is 18.3 Å². The number of piperidine rings is 1. The molecule has 0 spiro atoms. The number of amides is 1. The highest BCUT2D eigenvalue weighted by molar-refractivity contribution is 8.00. The normalized spacial score (nSPS) is 14.9. The standard InChI is InChI=1S/C18H24ClN5OS.ClH/c1-11(2)26-17-14(19)5-4-6-15(17)21-18(25)16-12(3)24(23-22-16)13-7-9-20-10-8-13;/h4-6,11,13,20H,7-10H2,1-3H3,(H,21,25);1H. The maximum absolute atomic E-state index is 12.8. The van der Waals surface area contributed by atoms with Crippen LogP contribution in [0.5, 0.6) is 0 Å². The van der Waals surface area contributed by atoms with Crippen molar-refractivity contribution in [1.82, 2.24) is 20.3 Å². The smallest absolute Gasteiger partial charge is 0.278 e. The Labute approximate surface area is 175 Å². The second kappa shape index (κ2) is 9.78. The number of rotatable bonds is 5. The molecular weight excluding hydrogens is 405 g/mol. The first-order chi connectivity index (χ1) is 12.5. The molecule has 1 fully saturated rings. The molecule has 0 aliphatic carbocycles. The Kier molecular flexibility index (Phi) is 7.97. The first kappa shape index (κ1) is 22.0. The quantitative estimate of drug-likeness (QED) is 0.691. The van der Waals surface area contributed by atoms with E-state index in [0.29, 0.717) is 27.7 Å². The maximum atomic E-state index is 12.8. The summed E-state index contributed by atoms with van der Waals surface area (Å²) in [4.78, 5) is 13.7. The molecule has 3 rings (SSSR count). The molecule has 27 heavy (non-hydrogen) atoms. The van der Waals surface area contributed by atoms with Gasteiger partial charge in [-0.1, -0.05) is 36.7 Å². The second-order valence-corrected chi connectivity index (χ2v) is 8.68. The molecule has 0 radical (unpaired) electrons. The molecule has 6 nitrogen and oxygen atoms in total. The van der Waals surface area contributed by atoms with E-state index in [1.165, 1.54) is 0 Å². The van der Waals surface area contributed by atoms with Crippen molar-refractivity contribution < 1.29 is 4.79 Å². The van der Waals surface area contributed by atoms with Crippen LogP contribution in [0.2, 0.25) is 5.02 Å². The molecule has 2 aromatic rings. The minimum absolute atomic E-state index is 0. The molecule has 9 heteroatoms. The lowest BCUT2D eigenvalue weighted by Crippen LogP contribution is -2.30. The first-order valence-corrected chi connectivity index (χ1v) is 10.1. The molecule has 0 bridgehead atoms. The van der Waals surface area contributed by atoms with Gasteiger partial charge < -0.3 is 10.6 Å². The molecule has 2 heterocycles. The highest BCUT2D eigenvalue weighted by atomic mass is 35.5. The zero-order valence-corrected chi connectivity index (χ0v) is 18.0. The molecule has 1 amide bonds. The molecule has 1 saturated heterocycles. The Morgan fingerprint density at radius 3 is 2.74 bits per heavy atom. The van der Waals surface area contributed by atoms with E-state index < -0.39 is 0 Å². The average Bonchev–Trinajstić information content (AvgIpc) is 3.00. The fourth-order valence-electron chi connectivity index (χ4n) is 3.09. The number of carbonyl (C=O) groups is 1. The third-order valence-electron chi connectivity index (χ3n) is 4.37. The Balaban J connectivity index is 0.00000261. The van der Waals surface area contributed by atoms with Gasteiger partial charge in [0, 0.05) is 10.1 Å². The number of halogens is 2. The fraction of sp³-hybridized carbons (Fsp3) is 0.500. The monoisotopic (exact) mass is 429 g/mol. The highest BCUT2D eigenvalue weighted by Gasteiger charge is 2.23. The summed E-state index contributed by atoms with van der Waals surface area (Å²) in [5, 5.41) is 15.7. The maximum Gasteiger partial charge on any atom is 0.278 e. The lowest BCUT2D eigenvalue weighted by molar-refractivity contribution is 0.102.